The number of carbonyl (C=O) groups excluding carboxylic acids is 3. The van der Waals surface area contributed by atoms with Gasteiger partial charge < -0.3 is 32.3 Å². The average molecular weight is 663 g/mol. The third kappa shape index (κ3) is 10.6. The second-order valence-electron chi connectivity index (χ2n) is 11.4. The summed E-state index contributed by atoms with van der Waals surface area (Å²) in [6.45, 7) is 1.51. The van der Waals surface area contributed by atoms with Gasteiger partial charge in [-0.25, -0.2) is 13.2 Å². The van der Waals surface area contributed by atoms with E-state index in [-0.39, 0.29) is 59.6 Å². The van der Waals surface area contributed by atoms with E-state index in [1.165, 1.54) is 18.2 Å². The standard InChI is InChI=1S/C33H42N8O5S/c34-16-12-30(42)38-27-10-5-11-28(22-27)47(45,46)40-29(21-24-6-4-7-25(20-24)31(35)36)32(43)41-18-14-23(15-19-41)13-17-37-33(44)39-26-8-2-1-3-9-26/h1-11,20,22-23,29,40H,12-19,21,34H2,(H3,35,36)(H,38,42)(H2,37,39,44)/t29-/m1/s1. The third-order valence-electron chi connectivity index (χ3n) is 7.87. The number of nitrogens with one attached hydrogen (secondary N) is 5. The number of likely N-dealkylation sites (tertiary alicyclic amines) is 1. The lowest BCUT2D eigenvalue weighted by Crippen LogP contribution is -2.51. The number of para-hydroxylation sites is 1. The summed E-state index contributed by atoms with van der Waals surface area (Å²) >= 11 is 0. The number of amidine groups is 1. The van der Waals surface area contributed by atoms with Gasteiger partial charge in [-0.15, -0.1) is 0 Å². The average Bonchev–Trinajstić information content (AvgIpc) is 3.05. The number of amides is 4. The summed E-state index contributed by atoms with van der Waals surface area (Å²) in [5.74, 6) is -0.565. The topological polar surface area (TPSA) is 213 Å². The Balaban J connectivity index is 1.41. The maximum Gasteiger partial charge on any atom is 0.319 e. The van der Waals surface area contributed by atoms with E-state index in [0.717, 1.165) is 6.42 Å². The number of urea groups is 1. The zero-order chi connectivity index (χ0) is 33.8. The number of piperidine rings is 1. The molecule has 0 unspecified atom stereocenters. The number of benzene rings is 3. The molecule has 3 aromatic rings. The molecule has 1 heterocycles. The van der Waals surface area contributed by atoms with Crippen LogP contribution in [-0.4, -0.2) is 69.2 Å². The first-order valence-corrected chi connectivity index (χ1v) is 17.0. The molecule has 13 nitrogen and oxygen atoms in total. The van der Waals surface area contributed by atoms with Crippen LogP contribution in [-0.2, 0) is 26.0 Å². The van der Waals surface area contributed by atoms with Crippen molar-refractivity contribution in [2.24, 2.45) is 17.4 Å². The lowest BCUT2D eigenvalue weighted by molar-refractivity contribution is -0.134. The number of nitrogens with zero attached hydrogens (tertiary/aromatic N) is 1. The van der Waals surface area contributed by atoms with Crippen LogP contribution in [0, 0.1) is 11.3 Å². The molecule has 4 amide bonds. The number of sulfonamides is 1. The molecule has 4 rings (SSSR count). The molecule has 0 spiro atoms. The molecular weight excluding hydrogens is 620 g/mol. The second-order valence-corrected chi connectivity index (χ2v) is 13.1. The third-order valence-corrected chi connectivity index (χ3v) is 9.34. The molecule has 1 saturated heterocycles. The normalized spacial score (nSPS) is 14.2. The largest absolute Gasteiger partial charge is 0.384 e. The van der Waals surface area contributed by atoms with Crippen molar-refractivity contribution in [2.75, 3.05) is 36.8 Å². The van der Waals surface area contributed by atoms with Crippen molar-refractivity contribution in [3.8, 4) is 0 Å². The fraction of sp³-hybridized carbons (Fsp3) is 0.333. The molecule has 47 heavy (non-hydrogen) atoms. The van der Waals surface area contributed by atoms with Crippen LogP contribution in [0.3, 0.4) is 0 Å². The molecule has 14 heteroatoms. The van der Waals surface area contributed by atoms with Crippen LogP contribution in [0.2, 0.25) is 0 Å². The second kappa shape index (κ2) is 16.7. The fourth-order valence-corrected chi connectivity index (χ4v) is 6.62. The maximum absolute atomic E-state index is 13.9. The number of anilines is 2. The zero-order valence-corrected chi connectivity index (χ0v) is 26.9. The number of nitrogen functional groups attached to an aromatic ring is 1. The van der Waals surface area contributed by atoms with Crippen molar-refractivity contribution in [2.45, 2.75) is 43.0 Å². The first-order valence-electron chi connectivity index (χ1n) is 15.5. The van der Waals surface area contributed by atoms with Gasteiger partial charge in [0.05, 0.1) is 4.90 Å². The SMILES string of the molecule is N=C(N)c1cccc(C[C@@H](NS(=O)(=O)c2cccc(NC(=O)CCN)c2)C(=O)N2CCC(CCNC(=O)Nc3ccccc3)CC2)c1. The highest BCUT2D eigenvalue weighted by atomic mass is 32.2. The summed E-state index contributed by atoms with van der Waals surface area (Å²) in [6.07, 6.45) is 2.28. The van der Waals surface area contributed by atoms with Crippen LogP contribution in [0.4, 0.5) is 16.2 Å². The van der Waals surface area contributed by atoms with Crippen molar-refractivity contribution in [3.05, 3.63) is 90.0 Å². The van der Waals surface area contributed by atoms with Crippen LogP contribution in [0.5, 0.6) is 0 Å². The number of hydrogen-bond donors (Lipinski definition) is 7. The Morgan fingerprint density at radius 3 is 2.32 bits per heavy atom. The minimum absolute atomic E-state index is 0.0342. The highest BCUT2D eigenvalue weighted by Gasteiger charge is 2.32. The summed E-state index contributed by atoms with van der Waals surface area (Å²) < 4.78 is 29.8. The molecule has 9 N–H and O–H groups in total. The Morgan fingerprint density at radius 2 is 1.62 bits per heavy atom. The molecule has 250 valence electrons. The zero-order valence-electron chi connectivity index (χ0n) is 26.1. The van der Waals surface area contributed by atoms with Crippen molar-refractivity contribution in [1.82, 2.24) is 14.9 Å². The van der Waals surface area contributed by atoms with Gasteiger partial charge in [0.2, 0.25) is 21.8 Å². The molecule has 1 aliphatic rings. The molecule has 0 bridgehead atoms. The number of nitrogens with two attached hydrogens (primary N) is 2. The molecular formula is C33H42N8O5S. The molecule has 0 aromatic heterocycles. The number of rotatable bonds is 14. The molecule has 1 aliphatic heterocycles. The Hall–Kier alpha value is -4.79. The van der Waals surface area contributed by atoms with E-state index in [4.69, 9.17) is 16.9 Å². The highest BCUT2D eigenvalue weighted by Crippen LogP contribution is 2.23. The van der Waals surface area contributed by atoms with Gasteiger partial charge in [-0.3, -0.25) is 15.0 Å². The van der Waals surface area contributed by atoms with Crippen molar-refractivity contribution >= 4 is 45.1 Å². The Labute approximate surface area is 275 Å². The monoisotopic (exact) mass is 662 g/mol. The molecule has 1 fully saturated rings. The highest BCUT2D eigenvalue weighted by molar-refractivity contribution is 7.89. The minimum atomic E-state index is -4.20. The Kier molecular flexibility index (Phi) is 12.4. The lowest BCUT2D eigenvalue weighted by Gasteiger charge is -2.34. The molecule has 0 aliphatic carbocycles. The summed E-state index contributed by atoms with van der Waals surface area (Å²) in [7, 11) is -4.20. The van der Waals surface area contributed by atoms with E-state index in [1.54, 1.807) is 47.4 Å². The van der Waals surface area contributed by atoms with Gasteiger partial charge in [-0.05, 0) is 73.6 Å². The maximum atomic E-state index is 13.9. The smallest absolute Gasteiger partial charge is 0.319 e. The van der Waals surface area contributed by atoms with Gasteiger partial charge in [0, 0.05) is 49.5 Å². The molecule has 3 aromatic carbocycles. The van der Waals surface area contributed by atoms with E-state index < -0.39 is 16.1 Å². The predicted molar refractivity (Wildman–Crippen MR) is 181 cm³/mol. The van der Waals surface area contributed by atoms with Gasteiger partial charge in [0.1, 0.15) is 11.9 Å². The number of hydrogen-bond acceptors (Lipinski definition) is 7. The quantitative estimate of drug-likeness (QED) is 0.101. The molecule has 0 radical (unpaired) electrons. The predicted octanol–water partition coefficient (Wildman–Crippen LogP) is 2.60. The van der Waals surface area contributed by atoms with Crippen molar-refractivity contribution in [1.29, 1.82) is 5.41 Å². The van der Waals surface area contributed by atoms with Crippen LogP contribution in [0.1, 0.15) is 36.8 Å². The summed E-state index contributed by atoms with van der Waals surface area (Å²) in [6, 6.07) is 20.3. The first-order chi connectivity index (χ1) is 22.5. The fourth-order valence-electron chi connectivity index (χ4n) is 5.38. The van der Waals surface area contributed by atoms with Crippen molar-refractivity contribution < 1.29 is 22.8 Å². The molecule has 0 saturated carbocycles. The number of carbonyl (C=O) groups is 3. The molecule has 1 atom stereocenters. The van der Waals surface area contributed by atoms with E-state index >= 15 is 0 Å². The van der Waals surface area contributed by atoms with Gasteiger partial charge >= 0.3 is 6.03 Å². The van der Waals surface area contributed by atoms with Crippen LogP contribution in [0.25, 0.3) is 0 Å². The minimum Gasteiger partial charge on any atom is -0.384 e. The van der Waals surface area contributed by atoms with E-state index in [2.05, 4.69) is 20.7 Å². The van der Waals surface area contributed by atoms with Crippen molar-refractivity contribution in [3.63, 3.8) is 0 Å². The van der Waals surface area contributed by atoms with Gasteiger partial charge in [0.25, 0.3) is 0 Å². The summed E-state index contributed by atoms with van der Waals surface area (Å²) in [4.78, 5) is 39.7. The Morgan fingerprint density at radius 1 is 0.915 bits per heavy atom. The first kappa shape index (κ1) is 35.1. The van der Waals surface area contributed by atoms with Gasteiger partial charge in [-0.2, -0.15) is 4.72 Å². The van der Waals surface area contributed by atoms with Crippen LogP contribution in [0.15, 0.2) is 83.8 Å². The van der Waals surface area contributed by atoms with E-state index in [9.17, 15) is 22.8 Å². The lowest BCUT2D eigenvalue weighted by atomic mass is 9.93. The van der Waals surface area contributed by atoms with Gasteiger partial charge in [-0.1, -0.05) is 42.5 Å². The summed E-state index contributed by atoms with van der Waals surface area (Å²) in [5.41, 5.74) is 13.2. The van der Waals surface area contributed by atoms with Crippen LogP contribution >= 0.6 is 0 Å². The summed E-state index contributed by atoms with van der Waals surface area (Å²) in [5, 5.41) is 16.1. The van der Waals surface area contributed by atoms with Crippen LogP contribution < -0.4 is 32.1 Å². The van der Waals surface area contributed by atoms with E-state index in [1.807, 2.05) is 18.2 Å². The Bertz CT molecular complexity index is 1660. The van der Waals surface area contributed by atoms with E-state index in [0.29, 0.717) is 49.3 Å². The van der Waals surface area contributed by atoms with Gasteiger partial charge in [0.15, 0.2) is 0 Å².